The number of rotatable bonds is 61. The topological polar surface area (TPSA) is 78.9 Å². The molecule has 81 heavy (non-hydrogen) atoms. The Bertz CT molecular complexity index is 1670. The van der Waals surface area contributed by atoms with Crippen LogP contribution in [0.2, 0.25) is 0 Å². The zero-order valence-corrected chi connectivity index (χ0v) is 53.0. The summed E-state index contributed by atoms with van der Waals surface area (Å²) in [4.78, 5) is 38.3. The lowest BCUT2D eigenvalue weighted by molar-refractivity contribution is -0.167. The van der Waals surface area contributed by atoms with Gasteiger partial charge in [-0.3, -0.25) is 14.4 Å². The molecule has 1 atom stereocenters. The number of carbonyl (C=O) groups is 3. The van der Waals surface area contributed by atoms with Crippen molar-refractivity contribution in [3.63, 3.8) is 0 Å². The monoisotopic (exact) mass is 1120 g/mol. The largest absolute Gasteiger partial charge is 0.462 e. The highest BCUT2D eigenvalue weighted by molar-refractivity contribution is 5.71. The number of hydrogen-bond donors (Lipinski definition) is 0. The van der Waals surface area contributed by atoms with Crippen molar-refractivity contribution < 1.29 is 28.6 Å². The van der Waals surface area contributed by atoms with E-state index in [0.29, 0.717) is 19.3 Å². The zero-order valence-electron chi connectivity index (χ0n) is 53.0. The van der Waals surface area contributed by atoms with Gasteiger partial charge in [0.1, 0.15) is 13.2 Å². The Morgan fingerprint density at radius 3 is 0.790 bits per heavy atom. The lowest BCUT2D eigenvalue weighted by atomic mass is 10.0. The Labute approximate surface area is 501 Å². The van der Waals surface area contributed by atoms with Crippen molar-refractivity contribution in [2.45, 2.75) is 322 Å². The molecule has 0 N–H and O–H groups in total. The third kappa shape index (κ3) is 66.5. The molecule has 0 aromatic carbocycles. The van der Waals surface area contributed by atoms with E-state index in [1.807, 2.05) is 0 Å². The predicted octanol–water partition coefficient (Wildman–Crippen LogP) is 23.6. The molecular weight excluding hydrogens is 997 g/mol. The SMILES string of the molecule is CC/C=C\C/C=C\C/C=C\C/C=C\C/C=C\C/C=C\C/C=C\C/C=C\CCCCCCCCCCC(=O)OCC(COC(=O)CCCCCCC/C=C\C/C=C\CCCC)OC(=O)CCCCCCCCCCCCCCCCCC. The Hall–Kier alpha value is -4.19. The molecule has 0 saturated heterocycles. The Morgan fingerprint density at radius 1 is 0.259 bits per heavy atom. The first-order chi connectivity index (χ1) is 40.0. The molecule has 6 nitrogen and oxygen atoms in total. The average Bonchev–Trinajstić information content (AvgIpc) is 3.47. The van der Waals surface area contributed by atoms with Gasteiger partial charge in [0.2, 0.25) is 0 Å². The normalized spacial score (nSPS) is 12.9. The van der Waals surface area contributed by atoms with E-state index in [0.717, 1.165) is 141 Å². The second kappa shape index (κ2) is 68.3. The first-order valence-corrected chi connectivity index (χ1v) is 34.0. The minimum absolute atomic E-state index is 0.0860. The Morgan fingerprint density at radius 2 is 0.494 bits per heavy atom. The molecule has 0 bridgehead atoms. The first-order valence-electron chi connectivity index (χ1n) is 34.0. The van der Waals surface area contributed by atoms with Gasteiger partial charge in [-0.15, -0.1) is 0 Å². The predicted molar refractivity (Wildman–Crippen MR) is 353 cm³/mol. The fraction of sp³-hybridized carbons (Fsp3) is 0.693. The second-order valence-corrected chi connectivity index (χ2v) is 22.4. The zero-order chi connectivity index (χ0) is 58.5. The molecule has 0 aliphatic rings. The van der Waals surface area contributed by atoms with Gasteiger partial charge in [-0.05, 0) is 109 Å². The van der Waals surface area contributed by atoms with Crippen LogP contribution in [0.5, 0.6) is 0 Å². The fourth-order valence-electron chi connectivity index (χ4n) is 9.36. The third-order valence-corrected chi connectivity index (χ3v) is 14.5. The lowest BCUT2D eigenvalue weighted by Gasteiger charge is -2.18. The van der Waals surface area contributed by atoms with Crippen molar-refractivity contribution >= 4 is 17.9 Å². The van der Waals surface area contributed by atoms with Crippen LogP contribution in [-0.4, -0.2) is 37.2 Å². The van der Waals surface area contributed by atoms with E-state index in [1.165, 1.54) is 135 Å². The van der Waals surface area contributed by atoms with Gasteiger partial charge in [0, 0.05) is 19.3 Å². The fourth-order valence-corrected chi connectivity index (χ4v) is 9.36. The van der Waals surface area contributed by atoms with Crippen molar-refractivity contribution in [2.24, 2.45) is 0 Å². The highest BCUT2D eigenvalue weighted by atomic mass is 16.6. The van der Waals surface area contributed by atoms with Gasteiger partial charge in [0.25, 0.3) is 0 Å². The van der Waals surface area contributed by atoms with Crippen LogP contribution < -0.4 is 0 Å². The summed E-state index contributed by atoms with van der Waals surface area (Å²) in [7, 11) is 0. The quantitative estimate of drug-likeness (QED) is 0.0261. The molecule has 0 rings (SSSR count). The van der Waals surface area contributed by atoms with Gasteiger partial charge in [0.05, 0.1) is 0 Å². The molecule has 0 aromatic heterocycles. The van der Waals surface area contributed by atoms with E-state index in [-0.39, 0.29) is 31.1 Å². The number of allylic oxidation sites excluding steroid dienone is 20. The maximum atomic E-state index is 12.9. The summed E-state index contributed by atoms with van der Waals surface area (Å²) < 4.78 is 16.9. The number of esters is 3. The molecule has 0 saturated carbocycles. The summed E-state index contributed by atoms with van der Waals surface area (Å²) in [5.41, 5.74) is 0. The van der Waals surface area contributed by atoms with Crippen molar-refractivity contribution in [1.29, 1.82) is 0 Å². The summed E-state index contributed by atoms with van der Waals surface area (Å²) in [5, 5.41) is 0. The number of carbonyl (C=O) groups excluding carboxylic acids is 3. The van der Waals surface area contributed by atoms with Crippen molar-refractivity contribution in [1.82, 2.24) is 0 Å². The molecule has 0 heterocycles. The Kier molecular flexibility index (Phi) is 64.8. The lowest BCUT2D eigenvalue weighted by Crippen LogP contribution is -2.30. The van der Waals surface area contributed by atoms with Gasteiger partial charge in [-0.25, -0.2) is 0 Å². The molecule has 0 radical (unpaired) electrons. The molecule has 0 aromatic rings. The third-order valence-electron chi connectivity index (χ3n) is 14.5. The molecule has 0 aliphatic heterocycles. The van der Waals surface area contributed by atoms with Crippen LogP contribution in [0.1, 0.15) is 316 Å². The van der Waals surface area contributed by atoms with Crippen LogP contribution in [0, 0.1) is 0 Å². The van der Waals surface area contributed by atoms with E-state index in [9.17, 15) is 14.4 Å². The number of unbranched alkanes of at least 4 members (excludes halogenated alkanes) is 30. The van der Waals surface area contributed by atoms with Gasteiger partial charge < -0.3 is 14.2 Å². The van der Waals surface area contributed by atoms with Crippen LogP contribution in [0.3, 0.4) is 0 Å². The molecule has 6 heteroatoms. The van der Waals surface area contributed by atoms with Crippen molar-refractivity contribution in [3.8, 4) is 0 Å². The van der Waals surface area contributed by atoms with Crippen LogP contribution >= 0.6 is 0 Å². The molecule has 0 spiro atoms. The maximum Gasteiger partial charge on any atom is 0.306 e. The van der Waals surface area contributed by atoms with E-state index >= 15 is 0 Å². The van der Waals surface area contributed by atoms with E-state index in [2.05, 4.69) is 142 Å². The molecule has 462 valence electrons. The smallest absolute Gasteiger partial charge is 0.306 e. The molecule has 0 aliphatic carbocycles. The maximum absolute atomic E-state index is 12.9. The summed E-state index contributed by atoms with van der Waals surface area (Å²) in [6.07, 6.45) is 95.0. The van der Waals surface area contributed by atoms with Crippen molar-refractivity contribution in [2.75, 3.05) is 13.2 Å². The number of ether oxygens (including phenoxy) is 3. The van der Waals surface area contributed by atoms with E-state index in [4.69, 9.17) is 14.2 Å². The van der Waals surface area contributed by atoms with Gasteiger partial charge in [-0.2, -0.15) is 0 Å². The van der Waals surface area contributed by atoms with E-state index in [1.54, 1.807) is 0 Å². The highest BCUT2D eigenvalue weighted by Crippen LogP contribution is 2.16. The minimum atomic E-state index is -0.789. The minimum Gasteiger partial charge on any atom is -0.462 e. The van der Waals surface area contributed by atoms with Crippen LogP contribution in [-0.2, 0) is 28.6 Å². The average molecular weight is 1120 g/mol. The van der Waals surface area contributed by atoms with E-state index < -0.39 is 6.10 Å². The van der Waals surface area contributed by atoms with Gasteiger partial charge >= 0.3 is 17.9 Å². The highest BCUT2D eigenvalue weighted by Gasteiger charge is 2.19. The molecule has 1 unspecified atom stereocenters. The van der Waals surface area contributed by atoms with Crippen LogP contribution in [0.25, 0.3) is 0 Å². The molecule has 0 fully saturated rings. The van der Waals surface area contributed by atoms with Crippen molar-refractivity contribution in [3.05, 3.63) is 122 Å². The van der Waals surface area contributed by atoms with Crippen LogP contribution in [0.15, 0.2) is 122 Å². The standard InChI is InChI=1S/C75H126O6/c1-4-7-10-13-16-19-22-25-28-30-31-32-33-34-35-36-37-38-39-40-41-42-43-44-45-46-48-50-53-56-59-62-65-68-74(77)80-71-72(70-79-73(76)67-64-61-58-55-52-49-27-24-21-18-15-12-9-6-3)81-75(78)69-66-63-60-57-54-51-47-29-26-23-20-17-14-11-8-5-2/h7,10,15-16,18-19,24-25,27-28,31-32,34-35,37-38,40-41,43-44,72H,4-6,8-9,11-14,17,20-23,26,29-30,33,36,39,42,45-71H2,1-3H3/b10-7-,18-15-,19-16-,27-24-,28-25-,32-31-,35-34-,38-37-,41-40-,44-43-. The van der Waals surface area contributed by atoms with Gasteiger partial charge in [-0.1, -0.05) is 309 Å². The Balaban J connectivity index is 4.29. The van der Waals surface area contributed by atoms with Gasteiger partial charge in [0.15, 0.2) is 6.10 Å². The first kappa shape index (κ1) is 76.8. The molecule has 0 amide bonds. The second-order valence-electron chi connectivity index (χ2n) is 22.4. The summed E-state index contributed by atoms with van der Waals surface area (Å²) in [6, 6.07) is 0. The van der Waals surface area contributed by atoms with Crippen LogP contribution in [0.4, 0.5) is 0 Å². The summed E-state index contributed by atoms with van der Waals surface area (Å²) in [6.45, 7) is 6.49. The molecular formula is C75H126O6. The number of hydrogen-bond acceptors (Lipinski definition) is 6. The summed E-state index contributed by atoms with van der Waals surface area (Å²) in [5.74, 6) is -0.897. The summed E-state index contributed by atoms with van der Waals surface area (Å²) >= 11 is 0.